The van der Waals surface area contributed by atoms with E-state index in [0.717, 1.165) is 17.2 Å². The van der Waals surface area contributed by atoms with E-state index < -0.39 is 0 Å². The van der Waals surface area contributed by atoms with E-state index in [1.165, 1.54) is 17.5 Å². The molecule has 0 saturated carbocycles. The molecule has 0 aliphatic carbocycles. The number of benzene rings is 1. The van der Waals surface area contributed by atoms with Crippen LogP contribution in [0.2, 0.25) is 0 Å². The van der Waals surface area contributed by atoms with Gasteiger partial charge in [0, 0.05) is 17.6 Å². The van der Waals surface area contributed by atoms with Crippen LogP contribution in [-0.4, -0.2) is 14.8 Å². The molecule has 0 aliphatic heterocycles. The minimum absolute atomic E-state index is 0.234. The van der Waals surface area contributed by atoms with Crippen LogP contribution in [0.3, 0.4) is 0 Å². The zero-order valence-electron chi connectivity index (χ0n) is 13.9. The van der Waals surface area contributed by atoms with Gasteiger partial charge in [-0.2, -0.15) is 5.10 Å². The van der Waals surface area contributed by atoms with Crippen molar-refractivity contribution in [3.05, 3.63) is 65.6 Å². The molecule has 1 aromatic carbocycles. The average molecular weight is 310 g/mol. The lowest BCUT2D eigenvalue weighted by molar-refractivity contribution is 0.469. The largest absolute Gasteiger partial charge is 0.466 e. The SMILES string of the molecule is Cc1cc([C@H](C)N[C@H](C)c2ccc(-n3cncn3)cc2)c(C)o1. The van der Waals surface area contributed by atoms with Crippen molar-refractivity contribution in [1.29, 1.82) is 0 Å². The van der Waals surface area contributed by atoms with Crippen molar-refractivity contribution in [3.63, 3.8) is 0 Å². The van der Waals surface area contributed by atoms with Crippen LogP contribution >= 0.6 is 0 Å². The zero-order chi connectivity index (χ0) is 16.4. The quantitative estimate of drug-likeness (QED) is 0.777. The summed E-state index contributed by atoms with van der Waals surface area (Å²) in [5.74, 6) is 1.94. The molecule has 0 amide bonds. The van der Waals surface area contributed by atoms with E-state index in [1.54, 1.807) is 11.0 Å². The van der Waals surface area contributed by atoms with Gasteiger partial charge in [0.15, 0.2) is 0 Å². The van der Waals surface area contributed by atoms with Crippen LogP contribution in [0.5, 0.6) is 0 Å². The summed E-state index contributed by atoms with van der Waals surface area (Å²) in [7, 11) is 0. The normalized spacial score (nSPS) is 13.9. The van der Waals surface area contributed by atoms with Crippen LogP contribution in [-0.2, 0) is 0 Å². The van der Waals surface area contributed by atoms with Crippen LogP contribution in [0.25, 0.3) is 5.69 Å². The summed E-state index contributed by atoms with van der Waals surface area (Å²) in [4.78, 5) is 3.97. The molecule has 3 aromatic rings. The molecular weight excluding hydrogens is 288 g/mol. The lowest BCUT2D eigenvalue weighted by Gasteiger charge is -2.20. The first-order valence-electron chi connectivity index (χ1n) is 7.82. The summed E-state index contributed by atoms with van der Waals surface area (Å²) in [6, 6.07) is 10.9. The van der Waals surface area contributed by atoms with Crippen molar-refractivity contribution >= 4 is 0 Å². The van der Waals surface area contributed by atoms with Gasteiger partial charge in [-0.1, -0.05) is 12.1 Å². The lowest BCUT2D eigenvalue weighted by Crippen LogP contribution is -2.22. The van der Waals surface area contributed by atoms with Crippen molar-refractivity contribution in [2.24, 2.45) is 0 Å². The molecule has 0 unspecified atom stereocenters. The maximum atomic E-state index is 5.62. The molecule has 0 radical (unpaired) electrons. The number of aryl methyl sites for hydroxylation is 2. The first kappa shape index (κ1) is 15.5. The number of hydrogen-bond donors (Lipinski definition) is 1. The van der Waals surface area contributed by atoms with E-state index in [-0.39, 0.29) is 12.1 Å². The number of nitrogens with one attached hydrogen (secondary N) is 1. The fourth-order valence-electron chi connectivity index (χ4n) is 2.90. The number of nitrogens with zero attached hydrogens (tertiary/aromatic N) is 3. The van der Waals surface area contributed by atoms with Gasteiger partial charge in [0.1, 0.15) is 24.2 Å². The van der Waals surface area contributed by atoms with Gasteiger partial charge in [0.25, 0.3) is 0 Å². The zero-order valence-corrected chi connectivity index (χ0v) is 13.9. The fraction of sp³-hybridized carbons (Fsp3) is 0.333. The molecule has 23 heavy (non-hydrogen) atoms. The predicted molar refractivity (Wildman–Crippen MR) is 89.5 cm³/mol. The van der Waals surface area contributed by atoms with Crippen LogP contribution in [0.4, 0.5) is 0 Å². The molecule has 0 fully saturated rings. The van der Waals surface area contributed by atoms with Gasteiger partial charge >= 0.3 is 0 Å². The van der Waals surface area contributed by atoms with Crippen molar-refractivity contribution in [2.75, 3.05) is 0 Å². The van der Waals surface area contributed by atoms with E-state index >= 15 is 0 Å². The Balaban J connectivity index is 1.70. The summed E-state index contributed by atoms with van der Waals surface area (Å²) >= 11 is 0. The maximum absolute atomic E-state index is 5.62. The summed E-state index contributed by atoms with van der Waals surface area (Å²) in [6.45, 7) is 8.33. The van der Waals surface area contributed by atoms with Gasteiger partial charge in [-0.3, -0.25) is 0 Å². The van der Waals surface area contributed by atoms with Gasteiger partial charge < -0.3 is 9.73 Å². The van der Waals surface area contributed by atoms with Crippen LogP contribution in [0.1, 0.15) is 48.6 Å². The molecule has 0 saturated heterocycles. The van der Waals surface area contributed by atoms with E-state index in [4.69, 9.17) is 4.42 Å². The Morgan fingerprint density at radius 3 is 2.39 bits per heavy atom. The Kier molecular flexibility index (Phi) is 4.30. The van der Waals surface area contributed by atoms with Gasteiger partial charge in [0.2, 0.25) is 0 Å². The Morgan fingerprint density at radius 1 is 1.09 bits per heavy atom. The highest BCUT2D eigenvalue weighted by atomic mass is 16.3. The minimum Gasteiger partial charge on any atom is -0.466 e. The topological polar surface area (TPSA) is 55.9 Å². The van der Waals surface area contributed by atoms with Crippen molar-refractivity contribution in [3.8, 4) is 5.69 Å². The van der Waals surface area contributed by atoms with Gasteiger partial charge in [-0.15, -0.1) is 0 Å². The van der Waals surface area contributed by atoms with Crippen LogP contribution in [0, 0.1) is 13.8 Å². The second-order valence-corrected chi connectivity index (χ2v) is 5.91. The van der Waals surface area contributed by atoms with E-state index in [0.29, 0.717) is 0 Å². The monoisotopic (exact) mass is 310 g/mol. The summed E-state index contributed by atoms with van der Waals surface area (Å²) in [5, 5.41) is 7.77. The Morgan fingerprint density at radius 2 is 1.83 bits per heavy atom. The van der Waals surface area contributed by atoms with E-state index in [9.17, 15) is 0 Å². The minimum atomic E-state index is 0.234. The van der Waals surface area contributed by atoms with Gasteiger partial charge in [-0.25, -0.2) is 9.67 Å². The molecule has 0 spiro atoms. The van der Waals surface area contributed by atoms with Crippen molar-refractivity contribution < 1.29 is 4.42 Å². The molecule has 2 aromatic heterocycles. The molecule has 3 rings (SSSR count). The highest BCUT2D eigenvalue weighted by Crippen LogP contribution is 2.24. The molecule has 1 N–H and O–H groups in total. The summed E-state index contributed by atoms with van der Waals surface area (Å²) in [6.07, 6.45) is 3.23. The standard InChI is InChI=1S/C18H22N4O/c1-12-9-18(15(4)23-12)14(3)21-13(2)16-5-7-17(8-6-16)22-11-19-10-20-22/h5-11,13-14,21H,1-4H3/t13-,14+/m1/s1. The molecule has 2 atom stereocenters. The van der Waals surface area contributed by atoms with Crippen LogP contribution < -0.4 is 5.32 Å². The van der Waals surface area contributed by atoms with Gasteiger partial charge in [-0.05, 0) is 51.5 Å². The highest BCUT2D eigenvalue weighted by molar-refractivity contribution is 5.34. The number of furan rings is 1. The Labute approximate surface area is 136 Å². The molecule has 5 heteroatoms. The summed E-state index contributed by atoms with van der Waals surface area (Å²) in [5.41, 5.74) is 3.46. The first-order valence-corrected chi connectivity index (χ1v) is 7.82. The molecular formula is C18H22N4O. The average Bonchev–Trinajstić information content (AvgIpc) is 3.17. The second-order valence-electron chi connectivity index (χ2n) is 5.91. The summed E-state index contributed by atoms with van der Waals surface area (Å²) < 4.78 is 7.38. The predicted octanol–water partition coefficient (Wildman–Crippen LogP) is 3.89. The third kappa shape index (κ3) is 3.35. The highest BCUT2D eigenvalue weighted by Gasteiger charge is 2.15. The van der Waals surface area contributed by atoms with E-state index in [1.807, 2.05) is 13.8 Å². The van der Waals surface area contributed by atoms with Crippen molar-refractivity contribution in [2.45, 2.75) is 39.8 Å². The molecule has 0 aliphatic rings. The molecule has 0 bridgehead atoms. The molecule has 120 valence electrons. The Hall–Kier alpha value is -2.40. The maximum Gasteiger partial charge on any atom is 0.138 e. The number of hydrogen-bond acceptors (Lipinski definition) is 4. The second kappa shape index (κ2) is 6.38. The lowest BCUT2D eigenvalue weighted by atomic mass is 10.0. The molecule has 2 heterocycles. The molecule has 5 nitrogen and oxygen atoms in total. The van der Waals surface area contributed by atoms with Gasteiger partial charge in [0.05, 0.1) is 5.69 Å². The van der Waals surface area contributed by atoms with Crippen LogP contribution in [0.15, 0.2) is 47.4 Å². The fourth-order valence-corrected chi connectivity index (χ4v) is 2.90. The third-order valence-electron chi connectivity index (χ3n) is 4.12. The first-order chi connectivity index (χ1) is 11.0. The number of aromatic nitrogens is 3. The smallest absolute Gasteiger partial charge is 0.138 e. The van der Waals surface area contributed by atoms with E-state index in [2.05, 4.69) is 59.6 Å². The number of rotatable bonds is 5. The third-order valence-corrected chi connectivity index (χ3v) is 4.12. The van der Waals surface area contributed by atoms with Crippen molar-refractivity contribution in [1.82, 2.24) is 20.1 Å². The Bertz CT molecular complexity index is 759.